The molecule has 17 heteroatoms. The molecule has 14 rings (SSSR count). The Kier molecular flexibility index (Phi) is 16.3. The Labute approximate surface area is 550 Å². The fourth-order valence-electron chi connectivity index (χ4n) is 12.6. The number of para-hydroxylation sites is 3. The molecule has 0 aliphatic carbocycles. The van der Waals surface area contributed by atoms with Crippen LogP contribution in [0.25, 0.3) is 53.6 Å². The molecule has 2 aliphatic heterocycles. The third-order valence-electron chi connectivity index (χ3n) is 17.5. The number of carbonyl (C=O) groups is 4. The Morgan fingerprint density at radius 1 is 0.500 bits per heavy atom. The fourth-order valence-corrected chi connectivity index (χ4v) is 14.9. The van der Waals surface area contributed by atoms with Gasteiger partial charge in [0.15, 0.2) is 0 Å². The van der Waals surface area contributed by atoms with E-state index in [9.17, 15) is 18.8 Å². The van der Waals surface area contributed by atoms with Crippen LogP contribution in [0.5, 0.6) is 5.75 Å². The minimum absolute atomic E-state index is 0.0174. The number of fused-ring (bicyclic) bond motifs is 8. The first-order chi connectivity index (χ1) is 45.6. The molecule has 94 heavy (non-hydrogen) atoms. The molecule has 0 saturated carbocycles. The van der Waals surface area contributed by atoms with Crippen molar-refractivity contribution in [2.75, 3.05) is 64.5 Å². The highest BCUT2D eigenvalue weighted by Gasteiger charge is 2.32. The third kappa shape index (κ3) is 11.9. The molecular weight excluding hydrogens is 1220 g/mol. The number of carbonyl (C=O) groups excluding carboxylic acids is 4. The van der Waals surface area contributed by atoms with Crippen molar-refractivity contribution in [3.8, 4) is 37.8 Å². The number of benzene rings is 8. The van der Waals surface area contributed by atoms with Crippen LogP contribution in [0.4, 0.5) is 43.2 Å². The van der Waals surface area contributed by atoms with Gasteiger partial charge in [-0.2, -0.15) is 0 Å². The topological polar surface area (TPSA) is 140 Å². The molecule has 0 radical (unpaired) electrons. The summed E-state index contributed by atoms with van der Waals surface area (Å²) in [5.41, 5.74) is 9.38. The third-order valence-corrected chi connectivity index (χ3v) is 19.9. The van der Waals surface area contributed by atoms with E-state index in [0.717, 1.165) is 70.4 Å². The number of amides is 4. The molecule has 2 aliphatic rings. The minimum Gasteiger partial charge on any atom is -0.497 e. The Bertz CT molecular complexity index is 5000. The molecule has 8 aromatic carbocycles. The number of ether oxygens (including phenoxy) is 1. The van der Waals surface area contributed by atoms with E-state index in [1.54, 1.807) is 61.1 Å². The van der Waals surface area contributed by atoms with E-state index in [1.807, 2.05) is 133 Å². The van der Waals surface area contributed by atoms with Crippen molar-refractivity contribution in [3.63, 3.8) is 0 Å². The van der Waals surface area contributed by atoms with E-state index < -0.39 is 23.4 Å². The molecule has 13 nitrogen and oxygen atoms in total. The first kappa shape index (κ1) is 60.7. The summed E-state index contributed by atoms with van der Waals surface area (Å²) in [7, 11) is 5.52. The van der Waals surface area contributed by atoms with Gasteiger partial charge in [-0.1, -0.05) is 109 Å². The zero-order valence-corrected chi connectivity index (χ0v) is 53.7. The lowest BCUT2D eigenvalue weighted by atomic mass is 10.0. The number of nitrogens with zero attached hydrogens (tertiary/aromatic N) is 6. The molecule has 0 bridgehead atoms. The van der Waals surface area contributed by atoms with E-state index in [2.05, 4.69) is 59.2 Å². The van der Waals surface area contributed by atoms with Crippen molar-refractivity contribution in [2.24, 2.45) is 0 Å². The number of aromatic nitrogens is 2. The molecule has 0 unspecified atom stereocenters. The number of hydrogen-bond acceptors (Lipinski definition) is 11. The standard InChI is InChI=1S/C77H62F2N8O5S2/c1-45-14-12-19-60(78)70(45)82-74(88)66-40-54-31-33-87(65-22-11-9-18-59(65)73(54)93-66)77(91)63-39-56(42-69(81-63)85(4)44-47-24-26-49-15-6-7-16-50(49)35-47)55-34-46(2)71(61(79)38-55)83-75(89)67-41-53-30-32-86(64-21-10-8-17-58(64)72(53)94-67)76(90)62-20-13-23-68(80-62)84(3)43-48-25-27-52-37-57(92-5)29-28-51(52)36-48/h6-29,34-42H,30-33,43-44H2,1-5H3,(H,82,88)(H,83,89). The van der Waals surface area contributed by atoms with Crippen molar-refractivity contribution in [3.05, 3.63) is 266 Å². The van der Waals surface area contributed by atoms with Gasteiger partial charge in [0.1, 0.15) is 40.4 Å². The lowest BCUT2D eigenvalue weighted by molar-refractivity contribution is 0.0975. The van der Waals surface area contributed by atoms with Crippen LogP contribution in [0.3, 0.4) is 0 Å². The van der Waals surface area contributed by atoms with Gasteiger partial charge in [0.25, 0.3) is 23.6 Å². The first-order valence-corrected chi connectivity index (χ1v) is 32.5. The van der Waals surface area contributed by atoms with E-state index in [1.165, 1.54) is 34.8 Å². The van der Waals surface area contributed by atoms with Crippen molar-refractivity contribution in [1.29, 1.82) is 0 Å². The average Bonchev–Trinajstić information content (AvgIpc) is 1.57. The summed E-state index contributed by atoms with van der Waals surface area (Å²) >= 11 is 2.58. The van der Waals surface area contributed by atoms with Gasteiger partial charge in [-0.15, -0.1) is 22.7 Å². The van der Waals surface area contributed by atoms with Gasteiger partial charge in [0.05, 0.1) is 39.6 Å². The maximum Gasteiger partial charge on any atom is 0.277 e. The Hall–Kier alpha value is -10.9. The van der Waals surface area contributed by atoms with Gasteiger partial charge in [0, 0.05) is 61.2 Å². The second-order valence-electron chi connectivity index (χ2n) is 23.8. The van der Waals surface area contributed by atoms with E-state index >= 15 is 9.18 Å². The van der Waals surface area contributed by atoms with E-state index in [-0.39, 0.29) is 35.4 Å². The summed E-state index contributed by atoms with van der Waals surface area (Å²) in [6.45, 7) is 5.06. The lowest BCUT2D eigenvalue weighted by Gasteiger charge is -2.25. The van der Waals surface area contributed by atoms with Crippen molar-refractivity contribution < 1.29 is 32.7 Å². The number of anilines is 6. The van der Waals surface area contributed by atoms with Gasteiger partial charge in [-0.05, 0) is 184 Å². The molecule has 0 saturated heterocycles. The molecule has 0 spiro atoms. The van der Waals surface area contributed by atoms with Crippen LogP contribution in [0.1, 0.15) is 73.7 Å². The van der Waals surface area contributed by atoms with Crippen LogP contribution in [0.2, 0.25) is 0 Å². The average molecular weight is 1280 g/mol. The molecule has 6 heterocycles. The molecule has 4 amide bonds. The monoisotopic (exact) mass is 1280 g/mol. The summed E-state index contributed by atoms with van der Waals surface area (Å²) in [5.74, 6) is -0.789. The SMILES string of the molecule is COc1ccc2cc(CN(C)c3cccc(C(=O)N4CCc5cc(C(=O)Nc6c(C)cc(-c7cc(C(=O)N8CCc9cc(C(=O)Nc%10c(C)cccc%10F)sc9-c9ccccc98)nc(N(C)Cc8ccc9ccccc9c8)c7)cc6F)sc5-c5ccccc54)n3)ccc2c1. The van der Waals surface area contributed by atoms with E-state index in [4.69, 9.17) is 14.7 Å². The summed E-state index contributed by atoms with van der Waals surface area (Å²) < 4.78 is 37.3. The maximum absolute atomic E-state index is 17.0. The summed E-state index contributed by atoms with van der Waals surface area (Å²) in [4.78, 5) is 77.8. The molecule has 0 atom stereocenters. The molecular formula is C77H62F2N8O5S2. The summed E-state index contributed by atoms with van der Waals surface area (Å²) in [5, 5.41) is 10.0. The van der Waals surface area contributed by atoms with Crippen molar-refractivity contribution in [2.45, 2.75) is 39.8 Å². The quantitative estimate of drug-likeness (QED) is 0.109. The van der Waals surface area contributed by atoms with Crippen LogP contribution in [-0.4, -0.2) is 67.9 Å². The normalized spacial score (nSPS) is 12.5. The smallest absolute Gasteiger partial charge is 0.277 e. The van der Waals surface area contributed by atoms with Gasteiger partial charge in [-0.25, -0.2) is 18.7 Å². The molecule has 466 valence electrons. The summed E-state index contributed by atoms with van der Waals surface area (Å²) in [6.07, 6.45) is 0.856. The van der Waals surface area contributed by atoms with Gasteiger partial charge in [0.2, 0.25) is 0 Å². The summed E-state index contributed by atoms with van der Waals surface area (Å²) in [6, 6.07) is 62.4. The fraction of sp³-hybridized carbons (Fsp3) is 0.143. The molecule has 12 aromatic rings. The zero-order chi connectivity index (χ0) is 64.9. The molecule has 2 N–H and O–H groups in total. The largest absolute Gasteiger partial charge is 0.497 e. The molecule has 0 fully saturated rings. The van der Waals surface area contributed by atoms with Gasteiger partial charge < -0.3 is 35.0 Å². The number of hydrogen-bond donors (Lipinski definition) is 2. The highest BCUT2D eigenvalue weighted by molar-refractivity contribution is 7.18. The van der Waals surface area contributed by atoms with Gasteiger partial charge in [-0.3, -0.25) is 19.2 Å². The number of halogens is 2. The highest BCUT2D eigenvalue weighted by atomic mass is 32.1. The lowest BCUT2D eigenvalue weighted by Crippen LogP contribution is -2.33. The zero-order valence-electron chi connectivity index (χ0n) is 52.1. The molecule has 4 aromatic heterocycles. The van der Waals surface area contributed by atoms with Crippen LogP contribution in [-0.2, 0) is 25.9 Å². The predicted octanol–water partition coefficient (Wildman–Crippen LogP) is 17.0. The number of aryl methyl sites for hydroxylation is 2. The second kappa shape index (κ2) is 25.3. The number of nitrogens with one attached hydrogen (secondary N) is 2. The Morgan fingerprint density at radius 3 is 1.65 bits per heavy atom. The van der Waals surface area contributed by atoms with Crippen LogP contribution >= 0.6 is 22.7 Å². The van der Waals surface area contributed by atoms with Crippen LogP contribution in [0, 0.1) is 25.5 Å². The Morgan fingerprint density at radius 2 is 1.02 bits per heavy atom. The van der Waals surface area contributed by atoms with Crippen molar-refractivity contribution in [1.82, 2.24) is 9.97 Å². The number of rotatable bonds is 14. The Balaban J connectivity index is 0.720. The maximum atomic E-state index is 17.0. The first-order valence-electron chi connectivity index (χ1n) is 30.8. The van der Waals surface area contributed by atoms with E-state index in [0.29, 0.717) is 93.2 Å². The number of thiophene rings is 2. The number of pyridine rings is 2. The number of methoxy groups -OCH3 is 1. The van der Waals surface area contributed by atoms with Crippen LogP contribution < -0.4 is 35.0 Å². The predicted molar refractivity (Wildman–Crippen MR) is 375 cm³/mol. The highest BCUT2D eigenvalue weighted by Crippen LogP contribution is 2.45. The minimum atomic E-state index is -0.666. The van der Waals surface area contributed by atoms with Crippen molar-refractivity contribution >= 4 is 102 Å². The van der Waals surface area contributed by atoms with Gasteiger partial charge >= 0.3 is 0 Å². The van der Waals surface area contributed by atoms with Crippen LogP contribution in [0.15, 0.2) is 200 Å². The second-order valence-corrected chi connectivity index (χ2v) is 25.9.